The minimum Gasteiger partial charge on any atom is -0.408 e. The Bertz CT molecular complexity index is 786. The Morgan fingerprint density at radius 3 is 2.81 bits per heavy atom. The van der Waals surface area contributed by atoms with Crippen LogP contribution in [0.4, 0.5) is 6.01 Å². The summed E-state index contributed by atoms with van der Waals surface area (Å²) in [4.78, 5) is 14.6. The number of aromatic nitrogens is 4. The summed E-state index contributed by atoms with van der Waals surface area (Å²) in [6, 6.07) is 1.94. The van der Waals surface area contributed by atoms with Crippen LogP contribution in [0.2, 0.25) is 0 Å². The van der Waals surface area contributed by atoms with Gasteiger partial charge in [0.05, 0.1) is 0 Å². The number of amides is 1. The van der Waals surface area contributed by atoms with Crippen LogP contribution in [0.3, 0.4) is 0 Å². The molecule has 1 amide bonds. The second-order valence-electron chi connectivity index (χ2n) is 8.10. The van der Waals surface area contributed by atoms with Gasteiger partial charge in [-0.3, -0.25) is 9.89 Å². The van der Waals surface area contributed by atoms with E-state index in [-0.39, 0.29) is 17.9 Å². The zero-order chi connectivity index (χ0) is 17.7. The molecule has 2 aromatic heterocycles. The first-order chi connectivity index (χ1) is 12.6. The number of anilines is 1. The van der Waals surface area contributed by atoms with Gasteiger partial charge in [-0.05, 0) is 50.5 Å². The minimum absolute atomic E-state index is 0.113. The number of likely N-dealkylation sites (tertiary alicyclic amines) is 1. The molecule has 8 heteroatoms. The van der Waals surface area contributed by atoms with Gasteiger partial charge in [0.25, 0.3) is 0 Å². The van der Waals surface area contributed by atoms with Gasteiger partial charge in [0.1, 0.15) is 6.04 Å². The van der Waals surface area contributed by atoms with E-state index in [1.165, 1.54) is 12.8 Å². The number of hydrogen-bond acceptors (Lipinski definition) is 6. The molecule has 2 N–H and O–H groups in total. The molecular formula is C18H24N6O2. The Morgan fingerprint density at radius 2 is 2.12 bits per heavy atom. The molecule has 8 nitrogen and oxygen atoms in total. The van der Waals surface area contributed by atoms with Crippen LogP contribution in [0, 0.1) is 5.41 Å². The van der Waals surface area contributed by atoms with Gasteiger partial charge in [0, 0.05) is 36.8 Å². The van der Waals surface area contributed by atoms with Crippen LogP contribution >= 0.6 is 0 Å². The molecular weight excluding hydrogens is 332 g/mol. The highest BCUT2D eigenvalue weighted by molar-refractivity contribution is 5.83. The molecule has 1 unspecified atom stereocenters. The van der Waals surface area contributed by atoms with Crippen LogP contribution < -0.4 is 5.32 Å². The van der Waals surface area contributed by atoms with Gasteiger partial charge >= 0.3 is 6.01 Å². The SMILES string of the molecule is C[C@H](Nc1nnc(C2C[C@H]2c2ccn[nH]2)o1)C(=O)N1CCC2(CC1)CC2. The second-order valence-corrected chi connectivity index (χ2v) is 8.10. The summed E-state index contributed by atoms with van der Waals surface area (Å²) in [5.41, 5.74) is 1.68. The van der Waals surface area contributed by atoms with Crippen molar-refractivity contribution >= 4 is 11.9 Å². The van der Waals surface area contributed by atoms with E-state index in [1.54, 1.807) is 6.20 Å². The van der Waals surface area contributed by atoms with E-state index in [2.05, 4.69) is 25.7 Å². The van der Waals surface area contributed by atoms with Gasteiger partial charge in [-0.2, -0.15) is 5.10 Å². The van der Waals surface area contributed by atoms with Gasteiger partial charge in [0.2, 0.25) is 11.8 Å². The molecule has 3 aliphatic rings. The van der Waals surface area contributed by atoms with E-state index in [4.69, 9.17) is 4.42 Å². The van der Waals surface area contributed by atoms with Crippen molar-refractivity contribution in [3.8, 4) is 0 Å². The topological polar surface area (TPSA) is 99.9 Å². The molecule has 3 atom stereocenters. The van der Waals surface area contributed by atoms with Crippen LogP contribution in [0.15, 0.2) is 16.7 Å². The summed E-state index contributed by atoms with van der Waals surface area (Å²) in [7, 11) is 0. The molecule has 1 aliphatic heterocycles. The highest BCUT2D eigenvalue weighted by Crippen LogP contribution is 2.54. The van der Waals surface area contributed by atoms with Crippen LogP contribution in [0.25, 0.3) is 0 Å². The summed E-state index contributed by atoms with van der Waals surface area (Å²) in [5.74, 6) is 1.34. The van der Waals surface area contributed by atoms with E-state index in [1.807, 2.05) is 17.9 Å². The molecule has 26 heavy (non-hydrogen) atoms. The van der Waals surface area contributed by atoms with Gasteiger partial charge in [-0.25, -0.2) is 0 Å². The van der Waals surface area contributed by atoms with Crippen molar-refractivity contribution in [2.45, 2.75) is 56.9 Å². The fraction of sp³-hybridized carbons (Fsp3) is 0.667. The smallest absolute Gasteiger partial charge is 0.316 e. The second kappa shape index (κ2) is 5.82. The average molecular weight is 356 g/mol. The monoisotopic (exact) mass is 356 g/mol. The third-order valence-electron chi connectivity index (χ3n) is 6.27. The number of aromatic amines is 1. The van der Waals surface area contributed by atoms with E-state index in [0.29, 0.717) is 23.2 Å². The predicted octanol–water partition coefficient (Wildman–Crippen LogP) is 2.27. The third kappa shape index (κ3) is 2.87. The van der Waals surface area contributed by atoms with E-state index >= 15 is 0 Å². The van der Waals surface area contributed by atoms with Gasteiger partial charge < -0.3 is 14.6 Å². The lowest BCUT2D eigenvalue weighted by molar-refractivity contribution is -0.133. The molecule has 3 fully saturated rings. The fourth-order valence-corrected chi connectivity index (χ4v) is 4.13. The Morgan fingerprint density at radius 1 is 1.31 bits per heavy atom. The van der Waals surface area contributed by atoms with Crippen LogP contribution in [-0.4, -0.2) is 50.3 Å². The number of hydrogen-bond donors (Lipinski definition) is 2. The fourth-order valence-electron chi connectivity index (χ4n) is 4.13. The molecule has 138 valence electrons. The maximum Gasteiger partial charge on any atom is 0.316 e. The highest BCUT2D eigenvalue weighted by Gasteiger charge is 2.46. The zero-order valence-corrected chi connectivity index (χ0v) is 14.9. The molecule has 2 saturated carbocycles. The van der Waals surface area contributed by atoms with Crippen molar-refractivity contribution in [3.63, 3.8) is 0 Å². The van der Waals surface area contributed by atoms with Crippen molar-refractivity contribution in [1.82, 2.24) is 25.3 Å². The van der Waals surface area contributed by atoms with Crippen molar-refractivity contribution in [1.29, 1.82) is 0 Å². The number of carbonyl (C=O) groups excluding carboxylic acids is 1. The Hall–Kier alpha value is -2.38. The molecule has 5 rings (SSSR count). The largest absolute Gasteiger partial charge is 0.408 e. The lowest BCUT2D eigenvalue weighted by Gasteiger charge is -2.33. The molecule has 2 aliphatic carbocycles. The zero-order valence-electron chi connectivity index (χ0n) is 14.9. The molecule has 3 heterocycles. The number of piperidine rings is 1. The normalized spacial score (nSPS) is 27.3. The quantitative estimate of drug-likeness (QED) is 0.852. The first-order valence-corrected chi connectivity index (χ1v) is 9.52. The summed E-state index contributed by atoms with van der Waals surface area (Å²) in [6.07, 6.45) is 7.71. The van der Waals surface area contributed by atoms with E-state index in [0.717, 1.165) is 38.0 Å². The maximum atomic E-state index is 12.7. The summed E-state index contributed by atoms with van der Waals surface area (Å²) in [5, 5.41) is 18.3. The Kier molecular flexibility index (Phi) is 3.55. The van der Waals surface area contributed by atoms with E-state index < -0.39 is 0 Å². The van der Waals surface area contributed by atoms with E-state index in [9.17, 15) is 4.79 Å². The number of rotatable bonds is 5. The molecule has 0 aromatic carbocycles. The van der Waals surface area contributed by atoms with Crippen molar-refractivity contribution in [2.75, 3.05) is 18.4 Å². The number of nitrogens with zero attached hydrogens (tertiary/aromatic N) is 4. The first kappa shape index (κ1) is 15.8. The van der Waals surface area contributed by atoms with Crippen molar-refractivity contribution in [2.24, 2.45) is 5.41 Å². The van der Waals surface area contributed by atoms with Crippen LogP contribution in [0.1, 0.15) is 62.4 Å². The third-order valence-corrected chi connectivity index (χ3v) is 6.27. The summed E-state index contributed by atoms with van der Waals surface area (Å²) >= 11 is 0. The van der Waals surface area contributed by atoms with Crippen LogP contribution in [0.5, 0.6) is 0 Å². The average Bonchev–Trinajstić information content (AvgIpc) is 3.48. The van der Waals surface area contributed by atoms with Crippen LogP contribution in [-0.2, 0) is 4.79 Å². The van der Waals surface area contributed by atoms with Gasteiger partial charge in [0.15, 0.2) is 0 Å². The summed E-state index contributed by atoms with van der Waals surface area (Å²) < 4.78 is 5.75. The lowest BCUT2D eigenvalue weighted by Crippen LogP contribution is -2.45. The number of carbonyl (C=O) groups is 1. The molecule has 0 radical (unpaired) electrons. The first-order valence-electron chi connectivity index (χ1n) is 9.52. The van der Waals surface area contributed by atoms with Crippen molar-refractivity contribution in [3.05, 3.63) is 23.8 Å². The lowest BCUT2D eigenvalue weighted by atomic mass is 9.93. The molecule has 2 aromatic rings. The van der Waals surface area contributed by atoms with Gasteiger partial charge in [-0.1, -0.05) is 5.10 Å². The maximum absolute atomic E-state index is 12.7. The molecule has 0 bridgehead atoms. The van der Waals surface area contributed by atoms with Gasteiger partial charge in [-0.15, -0.1) is 5.10 Å². The standard InChI is InChI=1S/C18H24N6O2/c1-11(16(25)24-8-5-18(3-4-18)6-9-24)20-17-23-22-15(26-17)13-10-12(13)14-2-7-19-21-14/h2,7,11-13H,3-6,8-10H2,1H3,(H,19,21)(H,20,23)/t11-,12+,13?/m0/s1. The predicted molar refractivity (Wildman–Crippen MR) is 93.6 cm³/mol. The number of H-pyrrole nitrogens is 1. The molecule has 1 saturated heterocycles. The Balaban J connectivity index is 1.16. The highest BCUT2D eigenvalue weighted by atomic mass is 16.4. The van der Waals surface area contributed by atoms with Crippen molar-refractivity contribution < 1.29 is 9.21 Å². The Labute approximate surface area is 151 Å². The summed E-state index contributed by atoms with van der Waals surface area (Å²) in [6.45, 7) is 3.60. The minimum atomic E-state index is -0.362. The molecule has 1 spiro atoms. The number of nitrogens with one attached hydrogen (secondary N) is 2.